The van der Waals surface area contributed by atoms with E-state index >= 15 is 0 Å². The van der Waals surface area contributed by atoms with E-state index in [2.05, 4.69) is 17.0 Å². The molecule has 2 saturated heterocycles. The van der Waals surface area contributed by atoms with Crippen molar-refractivity contribution >= 4 is 11.9 Å². The van der Waals surface area contributed by atoms with Crippen molar-refractivity contribution in [3.63, 3.8) is 0 Å². The summed E-state index contributed by atoms with van der Waals surface area (Å²) in [6.45, 7) is 5.02. The van der Waals surface area contributed by atoms with Crippen LogP contribution in [0.1, 0.15) is 18.4 Å². The van der Waals surface area contributed by atoms with Gasteiger partial charge in [-0.25, -0.2) is 0 Å². The molecule has 1 atom stereocenters. The number of carbonyl (C=O) groups is 2. The minimum Gasteiger partial charge on any atom is -0.480 e. The molecule has 6 heteroatoms. The summed E-state index contributed by atoms with van der Waals surface area (Å²) in [5.74, 6) is -0.754. The van der Waals surface area contributed by atoms with Gasteiger partial charge < -0.3 is 10.0 Å². The second-order valence-electron chi connectivity index (χ2n) is 6.61. The smallest absolute Gasteiger partial charge is 0.320 e. The number of hydrogen-bond donors (Lipinski definition) is 1. The zero-order valence-electron chi connectivity index (χ0n) is 13.9. The highest BCUT2D eigenvalue weighted by Gasteiger charge is 2.33. The van der Waals surface area contributed by atoms with Gasteiger partial charge in [0.15, 0.2) is 0 Å². The van der Waals surface area contributed by atoms with Crippen molar-refractivity contribution in [2.45, 2.75) is 25.4 Å². The van der Waals surface area contributed by atoms with E-state index < -0.39 is 12.0 Å². The number of carboxylic acid groups (broad SMARTS) is 1. The summed E-state index contributed by atoms with van der Waals surface area (Å²) in [6.07, 6.45) is 1.50. The number of piperazine rings is 1. The average molecular weight is 331 g/mol. The Balaban J connectivity index is 1.46. The minimum atomic E-state index is -0.812. The van der Waals surface area contributed by atoms with Crippen molar-refractivity contribution in [1.29, 1.82) is 0 Å². The maximum Gasteiger partial charge on any atom is 0.320 e. The van der Waals surface area contributed by atoms with Gasteiger partial charge in [-0.15, -0.1) is 0 Å². The van der Waals surface area contributed by atoms with Crippen molar-refractivity contribution in [3.8, 4) is 0 Å². The van der Waals surface area contributed by atoms with E-state index in [9.17, 15) is 14.7 Å². The first-order valence-corrected chi connectivity index (χ1v) is 8.64. The lowest BCUT2D eigenvalue weighted by Crippen LogP contribution is -2.51. The van der Waals surface area contributed by atoms with Gasteiger partial charge in [-0.1, -0.05) is 30.3 Å². The Labute approximate surface area is 142 Å². The Hall–Kier alpha value is -1.92. The van der Waals surface area contributed by atoms with Crippen LogP contribution in [0.2, 0.25) is 0 Å². The van der Waals surface area contributed by atoms with Crippen LogP contribution < -0.4 is 0 Å². The summed E-state index contributed by atoms with van der Waals surface area (Å²) in [7, 11) is 0. The van der Waals surface area contributed by atoms with Gasteiger partial charge in [-0.2, -0.15) is 0 Å². The molecule has 2 fully saturated rings. The molecule has 0 saturated carbocycles. The predicted octanol–water partition coefficient (Wildman–Crippen LogP) is 0.880. The average Bonchev–Trinajstić information content (AvgIpc) is 3.05. The molecule has 0 unspecified atom stereocenters. The van der Waals surface area contributed by atoms with Crippen molar-refractivity contribution in [2.24, 2.45) is 0 Å². The van der Waals surface area contributed by atoms with E-state index in [-0.39, 0.29) is 12.5 Å². The quantitative estimate of drug-likeness (QED) is 0.868. The van der Waals surface area contributed by atoms with Crippen LogP contribution in [-0.2, 0) is 16.1 Å². The van der Waals surface area contributed by atoms with Crippen LogP contribution in [0, 0.1) is 0 Å². The molecular weight excluding hydrogens is 306 g/mol. The highest BCUT2D eigenvalue weighted by molar-refractivity contribution is 5.80. The van der Waals surface area contributed by atoms with Gasteiger partial charge in [-0.05, 0) is 24.9 Å². The van der Waals surface area contributed by atoms with Crippen molar-refractivity contribution in [2.75, 3.05) is 39.3 Å². The second kappa shape index (κ2) is 7.77. The minimum absolute atomic E-state index is 0.0579. The van der Waals surface area contributed by atoms with E-state index in [1.54, 1.807) is 4.90 Å². The lowest BCUT2D eigenvalue weighted by Gasteiger charge is -2.35. The third-order valence-corrected chi connectivity index (χ3v) is 4.96. The van der Waals surface area contributed by atoms with E-state index in [1.165, 1.54) is 5.56 Å². The first kappa shape index (κ1) is 16.9. The number of likely N-dealkylation sites (tertiary alicyclic amines) is 1. The summed E-state index contributed by atoms with van der Waals surface area (Å²) < 4.78 is 0. The van der Waals surface area contributed by atoms with E-state index in [0.29, 0.717) is 13.0 Å². The fourth-order valence-electron chi connectivity index (χ4n) is 3.57. The largest absolute Gasteiger partial charge is 0.480 e. The maximum atomic E-state index is 12.5. The number of carbonyl (C=O) groups excluding carboxylic acids is 1. The SMILES string of the molecule is O=C(O)[C@H]1CCCN1CC(=O)N1CCN(Cc2ccccc2)CC1. The fraction of sp³-hybridized carbons (Fsp3) is 0.556. The molecule has 0 bridgehead atoms. The third-order valence-electron chi connectivity index (χ3n) is 4.96. The van der Waals surface area contributed by atoms with Gasteiger partial charge >= 0.3 is 5.97 Å². The number of nitrogens with zero attached hydrogens (tertiary/aromatic N) is 3. The molecule has 130 valence electrons. The molecule has 1 aromatic rings. The Morgan fingerprint density at radius 3 is 2.42 bits per heavy atom. The number of benzene rings is 1. The van der Waals surface area contributed by atoms with E-state index in [4.69, 9.17) is 0 Å². The van der Waals surface area contributed by atoms with Crippen molar-refractivity contribution in [1.82, 2.24) is 14.7 Å². The second-order valence-corrected chi connectivity index (χ2v) is 6.61. The Morgan fingerprint density at radius 2 is 1.75 bits per heavy atom. The first-order chi connectivity index (χ1) is 11.6. The molecule has 0 aromatic heterocycles. The zero-order valence-corrected chi connectivity index (χ0v) is 13.9. The lowest BCUT2D eigenvalue weighted by atomic mass is 10.2. The summed E-state index contributed by atoms with van der Waals surface area (Å²) in [4.78, 5) is 29.7. The summed E-state index contributed by atoms with van der Waals surface area (Å²) >= 11 is 0. The van der Waals surface area contributed by atoms with Crippen LogP contribution in [0.5, 0.6) is 0 Å². The molecule has 2 aliphatic heterocycles. The van der Waals surface area contributed by atoms with E-state index in [0.717, 1.165) is 39.1 Å². The van der Waals surface area contributed by atoms with Crippen LogP contribution in [0.4, 0.5) is 0 Å². The maximum absolute atomic E-state index is 12.5. The van der Waals surface area contributed by atoms with Crippen LogP contribution in [-0.4, -0.2) is 77.0 Å². The van der Waals surface area contributed by atoms with Gasteiger partial charge in [0.1, 0.15) is 6.04 Å². The monoisotopic (exact) mass is 331 g/mol. The third kappa shape index (κ3) is 4.13. The van der Waals surface area contributed by atoms with Crippen LogP contribution in [0.15, 0.2) is 30.3 Å². The predicted molar refractivity (Wildman–Crippen MR) is 90.5 cm³/mol. The highest BCUT2D eigenvalue weighted by Crippen LogP contribution is 2.17. The topological polar surface area (TPSA) is 64.1 Å². The van der Waals surface area contributed by atoms with E-state index in [1.807, 2.05) is 23.1 Å². The van der Waals surface area contributed by atoms with Crippen LogP contribution in [0.25, 0.3) is 0 Å². The Bertz CT molecular complexity index is 570. The number of aliphatic carboxylic acids is 1. The molecule has 1 amide bonds. The van der Waals surface area contributed by atoms with Gasteiger partial charge in [0.2, 0.25) is 5.91 Å². The highest BCUT2D eigenvalue weighted by atomic mass is 16.4. The molecule has 0 aliphatic carbocycles. The molecule has 2 aliphatic rings. The molecule has 6 nitrogen and oxygen atoms in total. The van der Waals surface area contributed by atoms with Gasteiger partial charge in [-0.3, -0.25) is 19.4 Å². The molecule has 24 heavy (non-hydrogen) atoms. The molecule has 1 aromatic carbocycles. The van der Waals surface area contributed by atoms with Crippen molar-refractivity contribution < 1.29 is 14.7 Å². The number of amides is 1. The Morgan fingerprint density at radius 1 is 1.04 bits per heavy atom. The standard InChI is InChI=1S/C18H25N3O3/c22-17(14-21-8-4-7-16(21)18(23)24)20-11-9-19(10-12-20)13-15-5-2-1-3-6-15/h1-3,5-6,16H,4,7-14H2,(H,23,24)/t16-/m1/s1. The summed E-state index contributed by atoms with van der Waals surface area (Å²) in [6, 6.07) is 9.86. The van der Waals surface area contributed by atoms with Crippen LogP contribution >= 0.6 is 0 Å². The van der Waals surface area contributed by atoms with Gasteiger partial charge in [0, 0.05) is 32.7 Å². The molecule has 0 radical (unpaired) electrons. The normalized spacial score (nSPS) is 22.7. The fourth-order valence-corrected chi connectivity index (χ4v) is 3.57. The lowest BCUT2D eigenvalue weighted by molar-refractivity contribution is -0.143. The summed E-state index contributed by atoms with van der Waals surface area (Å²) in [5.41, 5.74) is 1.29. The first-order valence-electron chi connectivity index (χ1n) is 8.64. The zero-order chi connectivity index (χ0) is 16.9. The van der Waals surface area contributed by atoms with Crippen LogP contribution in [0.3, 0.4) is 0 Å². The molecule has 0 spiro atoms. The van der Waals surface area contributed by atoms with Gasteiger partial charge in [0.05, 0.1) is 6.54 Å². The number of carboxylic acids is 1. The summed E-state index contributed by atoms with van der Waals surface area (Å²) in [5, 5.41) is 9.21. The molecule has 3 rings (SSSR count). The van der Waals surface area contributed by atoms with Crippen molar-refractivity contribution in [3.05, 3.63) is 35.9 Å². The molecule has 1 N–H and O–H groups in total. The number of rotatable bonds is 5. The molecular formula is C18H25N3O3. The molecule has 2 heterocycles. The number of hydrogen-bond acceptors (Lipinski definition) is 4. The van der Waals surface area contributed by atoms with Gasteiger partial charge in [0.25, 0.3) is 0 Å². The Kier molecular flexibility index (Phi) is 5.48.